The Morgan fingerprint density at radius 1 is 0.577 bits per heavy atom. The smallest absolute Gasteiger partial charge is 0.344 e. The van der Waals surface area contributed by atoms with E-state index in [0.29, 0.717) is 11.1 Å². The van der Waals surface area contributed by atoms with Crippen molar-refractivity contribution in [2.24, 2.45) is 0 Å². The third kappa shape index (κ3) is 5.20. The van der Waals surface area contributed by atoms with Crippen LogP contribution in [-0.2, 0) is 17.7 Å². The highest BCUT2D eigenvalue weighted by Gasteiger charge is 2.52. The molecule has 2 aliphatic carbocycles. The van der Waals surface area contributed by atoms with E-state index in [-0.39, 0.29) is 0 Å². The molecular formula is C20H44O4Si2. The molecule has 0 radical (unpaired) electrons. The van der Waals surface area contributed by atoms with Gasteiger partial charge in [-0.05, 0) is 36.8 Å². The summed E-state index contributed by atoms with van der Waals surface area (Å²) in [5.41, 5.74) is 2.57. The summed E-state index contributed by atoms with van der Waals surface area (Å²) in [5.74, 6) is 0. The zero-order chi connectivity index (χ0) is 19.8. The summed E-state index contributed by atoms with van der Waals surface area (Å²) in [6.07, 6.45) is 11.0. The van der Waals surface area contributed by atoms with Crippen LogP contribution in [0.15, 0.2) is 0 Å². The van der Waals surface area contributed by atoms with Gasteiger partial charge in [0, 0.05) is 39.5 Å². The van der Waals surface area contributed by atoms with E-state index in [9.17, 15) is 0 Å². The van der Waals surface area contributed by atoms with E-state index in [1.54, 1.807) is 14.2 Å². The molecular weight excluding hydrogens is 360 g/mol. The topological polar surface area (TPSA) is 36.9 Å². The van der Waals surface area contributed by atoms with Crippen LogP contribution < -0.4 is 0 Å². The van der Waals surface area contributed by atoms with E-state index >= 15 is 0 Å². The summed E-state index contributed by atoms with van der Waals surface area (Å²) in [7, 11) is 3.53. The van der Waals surface area contributed by atoms with Gasteiger partial charge in [0.05, 0.1) is 0 Å². The largest absolute Gasteiger partial charge is 0.397 e. The predicted molar refractivity (Wildman–Crippen MR) is 114 cm³/mol. The van der Waals surface area contributed by atoms with Crippen LogP contribution >= 0.6 is 0 Å². The minimum atomic E-state index is -1.90. The lowest BCUT2D eigenvalue weighted by molar-refractivity contribution is 0.214. The monoisotopic (exact) mass is 404 g/mol. The second-order valence-corrected chi connectivity index (χ2v) is 17.0. The second kappa shape index (κ2) is 11.3. The Morgan fingerprint density at radius 2 is 0.885 bits per heavy atom. The molecule has 0 heterocycles. The molecule has 0 spiro atoms. The van der Waals surface area contributed by atoms with Crippen molar-refractivity contribution in [1.29, 1.82) is 0 Å². The van der Waals surface area contributed by atoms with Crippen molar-refractivity contribution in [3.8, 4) is 0 Å². The third-order valence-corrected chi connectivity index (χ3v) is 15.9. The molecule has 4 nitrogen and oxygen atoms in total. The molecule has 156 valence electrons. The molecule has 2 saturated carbocycles. The molecule has 0 amide bonds. The molecule has 26 heavy (non-hydrogen) atoms. The van der Waals surface area contributed by atoms with E-state index in [0.717, 1.165) is 11.1 Å². The van der Waals surface area contributed by atoms with Crippen LogP contribution in [0.2, 0.25) is 22.2 Å². The summed E-state index contributed by atoms with van der Waals surface area (Å²) < 4.78 is 23.0. The van der Waals surface area contributed by atoms with Crippen LogP contribution in [0.4, 0.5) is 0 Å². The molecule has 0 saturated heterocycles. The van der Waals surface area contributed by atoms with Crippen LogP contribution in [0.25, 0.3) is 0 Å². The van der Waals surface area contributed by atoms with E-state index in [1.807, 2.05) is 14.2 Å². The molecule has 0 aromatic heterocycles. The average molecular weight is 405 g/mol. The van der Waals surface area contributed by atoms with Gasteiger partial charge in [0.15, 0.2) is 0 Å². The van der Waals surface area contributed by atoms with Gasteiger partial charge in [-0.15, -0.1) is 0 Å². The fourth-order valence-corrected chi connectivity index (χ4v) is 13.4. The molecule has 2 rings (SSSR count). The number of rotatable bonds is 8. The third-order valence-electron chi connectivity index (χ3n) is 6.73. The Labute approximate surface area is 164 Å². The number of hydrogen-bond donors (Lipinski definition) is 0. The summed E-state index contributed by atoms with van der Waals surface area (Å²) in [6, 6.07) is 0. The maximum atomic E-state index is 5.97. The summed E-state index contributed by atoms with van der Waals surface area (Å²) in [5, 5.41) is 0. The summed E-state index contributed by atoms with van der Waals surface area (Å²) in [4.78, 5) is 0. The van der Waals surface area contributed by atoms with Crippen molar-refractivity contribution < 1.29 is 17.7 Å². The summed E-state index contributed by atoms with van der Waals surface area (Å²) >= 11 is 0. The van der Waals surface area contributed by atoms with Crippen LogP contribution in [0.3, 0.4) is 0 Å². The normalized spacial score (nSPS) is 20.1. The Kier molecular flexibility index (Phi) is 10.6. The fourth-order valence-electron chi connectivity index (χ4n) is 5.43. The predicted octanol–water partition coefficient (Wildman–Crippen LogP) is 6.15. The van der Waals surface area contributed by atoms with Crippen molar-refractivity contribution in [3.63, 3.8) is 0 Å². The maximum absolute atomic E-state index is 5.97. The van der Waals surface area contributed by atoms with E-state index in [2.05, 4.69) is 27.7 Å². The van der Waals surface area contributed by atoms with Crippen LogP contribution in [0.1, 0.15) is 79.1 Å². The van der Waals surface area contributed by atoms with Crippen LogP contribution in [0.5, 0.6) is 0 Å². The van der Waals surface area contributed by atoms with Crippen LogP contribution in [-0.4, -0.2) is 45.6 Å². The first-order valence-corrected chi connectivity index (χ1v) is 14.5. The summed E-state index contributed by atoms with van der Waals surface area (Å²) in [6.45, 7) is 8.66. The van der Waals surface area contributed by atoms with Gasteiger partial charge in [-0.1, -0.05) is 53.4 Å². The Hall–Kier alpha value is 0.274. The first-order chi connectivity index (χ1) is 12.3. The molecule has 2 aliphatic rings. The van der Waals surface area contributed by atoms with Crippen LogP contribution in [0, 0.1) is 0 Å². The minimum Gasteiger partial charge on any atom is -0.397 e. The van der Waals surface area contributed by atoms with Crippen molar-refractivity contribution in [1.82, 2.24) is 0 Å². The molecule has 6 heteroatoms. The standard InChI is InChI=1S/C12H24O2Si.C8H20O2Si/c1-13-15(14-2,11-7-3-4-8-11)12-9-5-6-10-12;1-7(2)11(9-5,10-6)8(3)4/h11-12H,3-10H2,1-2H3;7-8H,1-6H3. The van der Waals surface area contributed by atoms with Gasteiger partial charge in [-0.25, -0.2) is 0 Å². The SMILES string of the molecule is CO[Si](OC)(C(C)C)C(C)C.CO[Si](OC)(C1CCCC1)C1CCCC1. The van der Waals surface area contributed by atoms with Gasteiger partial charge in [-0.3, -0.25) is 0 Å². The fraction of sp³-hybridized carbons (Fsp3) is 1.00. The van der Waals surface area contributed by atoms with E-state index in [1.165, 1.54) is 51.4 Å². The quantitative estimate of drug-likeness (QED) is 0.454. The Bertz CT molecular complexity index is 342. The molecule has 0 unspecified atom stereocenters. The molecule has 0 atom stereocenters. The van der Waals surface area contributed by atoms with E-state index < -0.39 is 17.1 Å². The van der Waals surface area contributed by atoms with Crippen molar-refractivity contribution in [2.75, 3.05) is 28.4 Å². The molecule has 0 N–H and O–H groups in total. The number of hydrogen-bond acceptors (Lipinski definition) is 4. The Morgan fingerprint density at radius 3 is 1.04 bits per heavy atom. The minimum absolute atomic E-state index is 0.512. The highest BCUT2D eigenvalue weighted by Crippen LogP contribution is 2.50. The van der Waals surface area contributed by atoms with Crippen molar-refractivity contribution in [2.45, 2.75) is 101 Å². The highest BCUT2D eigenvalue weighted by molar-refractivity contribution is 6.70. The van der Waals surface area contributed by atoms with Gasteiger partial charge in [0.2, 0.25) is 0 Å². The average Bonchev–Trinajstić information content (AvgIpc) is 3.33. The molecule has 0 aliphatic heterocycles. The lowest BCUT2D eigenvalue weighted by atomic mass is 10.3. The second-order valence-electron chi connectivity index (χ2n) is 8.53. The molecule has 2 fully saturated rings. The van der Waals surface area contributed by atoms with E-state index in [4.69, 9.17) is 17.7 Å². The zero-order valence-corrected chi connectivity index (χ0v) is 20.6. The van der Waals surface area contributed by atoms with Crippen molar-refractivity contribution >= 4 is 17.1 Å². The van der Waals surface area contributed by atoms with Gasteiger partial charge < -0.3 is 17.7 Å². The van der Waals surface area contributed by atoms with Gasteiger partial charge in [0.25, 0.3) is 0 Å². The molecule has 0 aromatic carbocycles. The van der Waals surface area contributed by atoms with Gasteiger partial charge in [-0.2, -0.15) is 0 Å². The Balaban J connectivity index is 0.000000276. The molecule has 0 bridgehead atoms. The van der Waals surface area contributed by atoms with Gasteiger partial charge in [0.1, 0.15) is 0 Å². The van der Waals surface area contributed by atoms with Gasteiger partial charge >= 0.3 is 17.1 Å². The maximum Gasteiger partial charge on any atom is 0.344 e. The first-order valence-electron chi connectivity index (χ1n) is 10.5. The lowest BCUT2D eigenvalue weighted by Gasteiger charge is -2.37. The van der Waals surface area contributed by atoms with Crippen molar-refractivity contribution in [3.05, 3.63) is 0 Å². The molecule has 0 aromatic rings. The highest BCUT2D eigenvalue weighted by atomic mass is 28.4. The lowest BCUT2D eigenvalue weighted by Crippen LogP contribution is -2.48. The first kappa shape index (κ1) is 24.3. The zero-order valence-electron chi connectivity index (χ0n) is 18.6.